The van der Waals surface area contributed by atoms with Crippen molar-refractivity contribution >= 4 is 11.3 Å². The summed E-state index contributed by atoms with van der Waals surface area (Å²) in [5, 5.41) is 3.51. The summed E-state index contributed by atoms with van der Waals surface area (Å²) in [7, 11) is 0. The molecule has 0 amide bonds. The first-order valence-electron chi connectivity index (χ1n) is 5.62. The fourth-order valence-electron chi connectivity index (χ4n) is 1.52. The third-order valence-electron chi connectivity index (χ3n) is 2.65. The number of aromatic nitrogens is 1. The van der Waals surface area contributed by atoms with Gasteiger partial charge < -0.3 is 10.2 Å². The van der Waals surface area contributed by atoms with E-state index < -0.39 is 0 Å². The van der Waals surface area contributed by atoms with Crippen molar-refractivity contribution in [3.8, 4) is 0 Å². The van der Waals surface area contributed by atoms with E-state index in [0.29, 0.717) is 6.04 Å². The fourth-order valence-corrected chi connectivity index (χ4v) is 2.17. The summed E-state index contributed by atoms with van der Waals surface area (Å²) in [6.07, 6.45) is 1.94. The van der Waals surface area contributed by atoms with Crippen LogP contribution >= 0.6 is 11.3 Å². The Hall–Kier alpha value is -0.450. The normalized spacial score (nSPS) is 13.3. The van der Waals surface area contributed by atoms with Gasteiger partial charge in [-0.2, -0.15) is 0 Å². The van der Waals surface area contributed by atoms with Crippen LogP contribution in [0.25, 0.3) is 0 Å². The minimum absolute atomic E-state index is 0.424. The van der Waals surface area contributed by atoms with Crippen LogP contribution in [0.1, 0.15) is 31.7 Å². The van der Waals surface area contributed by atoms with Gasteiger partial charge in [0.1, 0.15) is 0 Å². The molecule has 86 valence electrons. The molecule has 1 heterocycles. The predicted octanol–water partition coefficient (Wildman–Crippen LogP) is 2.14. The highest BCUT2D eigenvalue weighted by Crippen LogP contribution is 2.15. The third-order valence-corrected chi connectivity index (χ3v) is 3.61. The molecule has 1 N–H and O–H groups in total. The lowest BCUT2D eigenvalue weighted by atomic mass is 10.3. The molecule has 0 bridgehead atoms. The van der Waals surface area contributed by atoms with E-state index in [1.54, 1.807) is 11.3 Å². The number of nitrogens with one attached hydrogen (secondary N) is 1. The van der Waals surface area contributed by atoms with Gasteiger partial charge in [-0.25, -0.2) is 0 Å². The second-order valence-electron chi connectivity index (χ2n) is 3.61. The smallest absolute Gasteiger partial charge is 0.0794 e. The van der Waals surface area contributed by atoms with Gasteiger partial charge in [0, 0.05) is 30.2 Å². The Morgan fingerprint density at radius 1 is 1.47 bits per heavy atom. The molecule has 15 heavy (non-hydrogen) atoms. The molecular weight excluding hydrogens is 206 g/mol. The minimum atomic E-state index is 0.424. The molecule has 0 radical (unpaired) electrons. The Labute approximate surface area is 96.5 Å². The molecule has 1 atom stereocenters. The Balaban J connectivity index is 2.20. The maximum absolute atomic E-state index is 4.09. The van der Waals surface area contributed by atoms with Gasteiger partial charge in [-0.1, -0.05) is 13.8 Å². The first-order valence-corrected chi connectivity index (χ1v) is 6.50. The molecule has 4 heteroatoms. The van der Waals surface area contributed by atoms with Crippen molar-refractivity contribution in [2.75, 3.05) is 26.2 Å². The van der Waals surface area contributed by atoms with Gasteiger partial charge in [-0.15, -0.1) is 11.3 Å². The Morgan fingerprint density at radius 2 is 2.20 bits per heavy atom. The van der Waals surface area contributed by atoms with Gasteiger partial charge in [-0.3, -0.25) is 4.98 Å². The Kier molecular flexibility index (Phi) is 5.83. The largest absolute Gasteiger partial charge is 0.308 e. The van der Waals surface area contributed by atoms with Crippen LogP contribution in [0.2, 0.25) is 0 Å². The highest BCUT2D eigenvalue weighted by molar-refractivity contribution is 7.09. The average Bonchev–Trinajstić information content (AvgIpc) is 2.77. The van der Waals surface area contributed by atoms with E-state index in [9.17, 15) is 0 Å². The maximum atomic E-state index is 4.09. The van der Waals surface area contributed by atoms with Gasteiger partial charge in [0.15, 0.2) is 0 Å². The molecule has 0 aliphatic rings. The van der Waals surface area contributed by atoms with Crippen LogP contribution in [-0.2, 0) is 0 Å². The van der Waals surface area contributed by atoms with E-state index in [-0.39, 0.29) is 0 Å². The van der Waals surface area contributed by atoms with E-state index in [4.69, 9.17) is 0 Å². The van der Waals surface area contributed by atoms with Gasteiger partial charge in [-0.05, 0) is 20.0 Å². The molecule has 3 nitrogen and oxygen atoms in total. The van der Waals surface area contributed by atoms with Crippen molar-refractivity contribution in [3.63, 3.8) is 0 Å². The molecule has 0 aliphatic carbocycles. The summed E-state index contributed by atoms with van der Waals surface area (Å²) in [6.45, 7) is 11.0. The number of likely N-dealkylation sites (N-methyl/N-ethyl adjacent to an activating group) is 1. The zero-order valence-electron chi connectivity index (χ0n) is 9.86. The number of rotatable bonds is 7. The lowest BCUT2D eigenvalue weighted by Gasteiger charge is -2.19. The number of hydrogen-bond donors (Lipinski definition) is 1. The lowest BCUT2D eigenvalue weighted by molar-refractivity contribution is 0.298. The molecule has 1 rings (SSSR count). The molecule has 1 aromatic heterocycles. The third kappa shape index (κ3) is 4.28. The van der Waals surface area contributed by atoms with Crippen molar-refractivity contribution in [2.24, 2.45) is 0 Å². The van der Waals surface area contributed by atoms with Crippen molar-refractivity contribution in [1.82, 2.24) is 15.2 Å². The maximum Gasteiger partial charge on any atom is 0.0794 e. The van der Waals surface area contributed by atoms with Crippen LogP contribution in [0.4, 0.5) is 0 Å². The van der Waals surface area contributed by atoms with Crippen LogP contribution in [0.5, 0.6) is 0 Å². The quantitative estimate of drug-likeness (QED) is 0.773. The molecule has 0 fully saturated rings. The predicted molar refractivity (Wildman–Crippen MR) is 66.3 cm³/mol. The first kappa shape index (κ1) is 12.6. The topological polar surface area (TPSA) is 28.2 Å². The Morgan fingerprint density at radius 3 is 2.73 bits per heavy atom. The zero-order chi connectivity index (χ0) is 11.1. The molecule has 0 saturated carbocycles. The molecule has 0 aliphatic heterocycles. The van der Waals surface area contributed by atoms with E-state index in [2.05, 4.69) is 36.0 Å². The van der Waals surface area contributed by atoms with E-state index in [1.165, 1.54) is 4.88 Å². The molecule has 1 aromatic rings. The zero-order valence-corrected chi connectivity index (χ0v) is 10.7. The minimum Gasteiger partial charge on any atom is -0.308 e. The van der Waals surface area contributed by atoms with E-state index >= 15 is 0 Å². The molecule has 0 saturated heterocycles. The van der Waals surface area contributed by atoms with Crippen molar-refractivity contribution in [2.45, 2.75) is 26.8 Å². The second-order valence-corrected chi connectivity index (χ2v) is 4.52. The fraction of sp³-hybridized carbons (Fsp3) is 0.727. The van der Waals surface area contributed by atoms with Gasteiger partial charge in [0.2, 0.25) is 0 Å². The SMILES string of the molecule is CCN(CC)CCNC(C)c1cncs1. The molecular formula is C11H21N3S. The van der Waals surface area contributed by atoms with Crippen molar-refractivity contribution < 1.29 is 0 Å². The molecule has 0 spiro atoms. The van der Waals surface area contributed by atoms with Crippen LogP contribution < -0.4 is 5.32 Å². The van der Waals surface area contributed by atoms with Gasteiger partial charge >= 0.3 is 0 Å². The molecule has 0 aromatic carbocycles. The van der Waals surface area contributed by atoms with Crippen LogP contribution in [0, 0.1) is 0 Å². The Bertz CT molecular complexity index is 244. The summed E-state index contributed by atoms with van der Waals surface area (Å²) >= 11 is 1.71. The highest BCUT2D eigenvalue weighted by atomic mass is 32.1. The summed E-state index contributed by atoms with van der Waals surface area (Å²) in [4.78, 5) is 7.82. The standard InChI is InChI=1S/C11H21N3S/c1-4-14(5-2)7-6-13-10(3)11-8-12-9-15-11/h8-10,13H,4-7H2,1-3H3. The number of hydrogen-bond acceptors (Lipinski definition) is 4. The lowest BCUT2D eigenvalue weighted by Crippen LogP contribution is -2.32. The van der Waals surface area contributed by atoms with Gasteiger partial charge in [0.05, 0.1) is 5.51 Å². The summed E-state index contributed by atoms with van der Waals surface area (Å²) in [5.74, 6) is 0. The van der Waals surface area contributed by atoms with Crippen LogP contribution in [0.15, 0.2) is 11.7 Å². The van der Waals surface area contributed by atoms with E-state index in [1.807, 2.05) is 11.7 Å². The van der Waals surface area contributed by atoms with Gasteiger partial charge in [0.25, 0.3) is 0 Å². The number of thiazole rings is 1. The highest BCUT2D eigenvalue weighted by Gasteiger charge is 2.06. The molecule has 1 unspecified atom stereocenters. The number of nitrogens with zero attached hydrogens (tertiary/aromatic N) is 2. The summed E-state index contributed by atoms with van der Waals surface area (Å²) < 4.78 is 0. The van der Waals surface area contributed by atoms with Crippen molar-refractivity contribution in [1.29, 1.82) is 0 Å². The monoisotopic (exact) mass is 227 g/mol. The van der Waals surface area contributed by atoms with Crippen LogP contribution in [0.3, 0.4) is 0 Å². The van der Waals surface area contributed by atoms with Crippen LogP contribution in [-0.4, -0.2) is 36.1 Å². The first-order chi connectivity index (χ1) is 7.27. The second kappa shape index (κ2) is 6.93. The summed E-state index contributed by atoms with van der Waals surface area (Å²) in [5.41, 5.74) is 1.89. The average molecular weight is 227 g/mol. The van der Waals surface area contributed by atoms with Crippen molar-refractivity contribution in [3.05, 3.63) is 16.6 Å². The summed E-state index contributed by atoms with van der Waals surface area (Å²) in [6, 6.07) is 0.424. The van der Waals surface area contributed by atoms with E-state index in [0.717, 1.165) is 26.2 Å².